The Bertz CT molecular complexity index is 1710. The van der Waals surface area contributed by atoms with Crippen LogP contribution in [0.2, 0.25) is 0 Å². The molecule has 2 atom stereocenters. The number of hydrogen-bond acceptors (Lipinski definition) is 6. The number of nitrogens with one attached hydrogen (secondary N) is 1. The van der Waals surface area contributed by atoms with Gasteiger partial charge in [0, 0.05) is 37.3 Å². The van der Waals surface area contributed by atoms with Crippen molar-refractivity contribution >= 4 is 17.7 Å². The van der Waals surface area contributed by atoms with Gasteiger partial charge in [0.25, 0.3) is 0 Å². The molecule has 47 heavy (non-hydrogen) atoms. The van der Waals surface area contributed by atoms with E-state index < -0.39 is 12.1 Å². The maximum absolute atomic E-state index is 14.0. The number of hydrogen-bond donors (Lipinski definition) is 1. The molecule has 4 heterocycles. The second-order valence-electron chi connectivity index (χ2n) is 12.6. The minimum atomic E-state index is -0.528. The summed E-state index contributed by atoms with van der Waals surface area (Å²) in [5, 5.41) is 12.7. The number of fused-ring (bicyclic) bond motifs is 2. The summed E-state index contributed by atoms with van der Waals surface area (Å²) < 4.78 is 3.73. The molecule has 1 N–H and O–H groups in total. The molecule has 246 valence electrons. The summed E-state index contributed by atoms with van der Waals surface area (Å²) in [6.45, 7) is 7.57. The summed E-state index contributed by atoms with van der Waals surface area (Å²) in [5.74, 6) is 1.04. The van der Waals surface area contributed by atoms with Crippen LogP contribution < -0.4 is 5.32 Å². The SMILES string of the molecule is Cc1nc2n(n1)CCN(C(=O)Cc1c(C)nn(-c3ccccc3)c1C)CCCC(=O)N1CCCC[C@H]1C(=O)N[C@@H]2Cc1ccccc1. The third-order valence-electron chi connectivity index (χ3n) is 9.37. The Morgan fingerprint density at radius 1 is 0.872 bits per heavy atom. The van der Waals surface area contributed by atoms with Crippen molar-refractivity contribution in [1.29, 1.82) is 0 Å². The molecule has 0 spiro atoms. The lowest BCUT2D eigenvalue weighted by atomic mass is 9.99. The molecule has 4 aromatic rings. The number of nitrogens with zero attached hydrogens (tertiary/aromatic N) is 7. The summed E-state index contributed by atoms with van der Waals surface area (Å²) in [5.41, 5.74) is 4.67. The van der Waals surface area contributed by atoms with Crippen LogP contribution in [0.5, 0.6) is 0 Å². The number of para-hydroxylation sites is 1. The first-order chi connectivity index (χ1) is 22.8. The van der Waals surface area contributed by atoms with Crippen LogP contribution in [0.1, 0.15) is 72.3 Å². The van der Waals surface area contributed by atoms with Gasteiger partial charge in [-0.25, -0.2) is 14.3 Å². The molecule has 2 aliphatic rings. The third kappa shape index (κ3) is 7.29. The van der Waals surface area contributed by atoms with Crippen molar-refractivity contribution in [2.45, 2.75) is 84.3 Å². The smallest absolute Gasteiger partial charge is 0.243 e. The third-order valence-corrected chi connectivity index (χ3v) is 9.37. The molecular weight excluding hydrogens is 592 g/mol. The molecule has 0 aliphatic carbocycles. The van der Waals surface area contributed by atoms with Gasteiger partial charge in [-0.2, -0.15) is 10.2 Å². The van der Waals surface area contributed by atoms with E-state index in [2.05, 4.69) is 5.32 Å². The molecule has 1 saturated heterocycles. The average Bonchev–Trinajstić information content (AvgIpc) is 3.60. The van der Waals surface area contributed by atoms with E-state index >= 15 is 0 Å². The lowest BCUT2D eigenvalue weighted by Crippen LogP contribution is -2.53. The Morgan fingerprint density at radius 2 is 1.62 bits per heavy atom. The maximum atomic E-state index is 14.0. The maximum Gasteiger partial charge on any atom is 0.243 e. The number of aromatic nitrogens is 5. The van der Waals surface area contributed by atoms with Gasteiger partial charge in [-0.05, 0) is 70.6 Å². The van der Waals surface area contributed by atoms with Gasteiger partial charge in [0.1, 0.15) is 17.7 Å². The predicted octanol–water partition coefficient (Wildman–Crippen LogP) is 4.04. The zero-order valence-corrected chi connectivity index (χ0v) is 27.6. The lowest BCUT2D eigenvalue weighted by Gasteiger charge is -2.36. The van der Waals surface area contributed by atoms with E-state index in [1.165, 1.54) is 0 Å². The Labute approximate surface area is 276 Å². The van der Waals surface area contributed by atoms with Crippen molar-refractivity contribution in [3.8, 4) is 5.69 Å². The van der Waals surface area contributed by atoms with Crippen LogP contribution in [-0.4, -0.2) is 77.7 Å². The Kier molecular flexibility index (Phi) is 9.79. The second-order valence-corrected chi connectivity index (χ2v) is 12.6. The molecule has 0 bridgehead atoms. The van der Waals surface area contributed by atoms with Crippen LogP contribution in [0.4, 0.5) is 0 Å². The van der Waals surface area contributed by atoms with Gasteiger partial charge in [-0.3, -0.25) is 14.4 Å². The molecule has 0 unspecified atom stereocenters. The normalized spacial score (nSPS) is 19.5. The van der Waals surface area contributed by atoms with Gasteiger partial charge in [-0.15, -0.1) is 0 Å². The van der Waals surface area contributed by atoms with Gasteiger partial charge < -0.3 is 15.1 Å². The van der Waals surface area contributed by atoms with E-state index in [-0.39, 0.29) is 30.6 Å². The van der Waals surface area contributed by atoms with Crippen molar-refractivity contribution in [2.75, 3.05) is 19.6 Å². The van der Waals surface area contributed by atoms with E-state index in [4.69, 9.17) is 15.2 Å². The van der Waals surface area contributed by atoms with Gasteiger partial charge >= 0.3 is 0 Å². The number of aryl methyl sites for hydroxylation is 2. The quantitative estimate of drug-likeness (QED) is 0.354. The van der Waals surface area contributed by atoms with Gasteiger partial charge in [0.2, 0.25) is 17.7 Å². The average molecular weight is 637 g/mol. The largest absolute Gasteiger partial charge is 0.344 e. The Morgan fingerprint density at radius 3 is 2.38 bits per heavy atom. The summed E-state index contributed by atoms with van der Waals surface area (Å²) in [7, 11) is 0. The first-order valence-electron chi connectivity index (χ1n) is 16.7. The van der Waals surface area contributed by atoms with Crippen molar-refractivity contribution < 1.29 is 14.4 Å². The highest BCUT2D eigenvalue weighted by Gasteiger charge is 2.34. The fraction of sp³-hybridized carbons (Fsp3) is 0.444. The first-order valence-corrected chi connectivity index (χ1v) is 16.7. The molecule has 0 radical (unpaired) electrons. The van der Waals surface area contributed by atoms with E-state index in [0.29, 0.717) is 57.1 Å². The summed E-state index contributed by atoms with van der Waals surface area (Å²) in [4.78, 5) is 49.8. The van der Waals surface area contributed by atoms with E-state index in [1.54, 1.807) is 4.90 Å². The number of benzene rings is 2. The number of carbonyl (C=O) groups is 3. The van der Waals surface area contributed by atoms with Crippen molar-refractivity contribution in [3.05, 3.63) is 94.8 Å². The molecule has 2 aromatic carbocycles. The molecule has 1 fully saturated rings. The van der Waals surface area contributed by atoms with Crippen LogP contribution in [0.15, 0.2) is 60.7 Å². The molecule has 11 heteroatoms. The fourth-order valence-corrected chi connectivity index (χ4v) is 6.88. The molecule has 2 aliphatic heterocycles. The topological polar surface area (TPSA) is 118 Å². The summed E-state index contributed by atoms with van der Waals surface area (Å²) >= 11 is 0. The zero-order valence-electron chi connectivity index (χ0n) is 27.6. The molecule has 2 aromatic heterocycles. The molecule has 3 amide bonds. The van der Waals surface area contributed by atoms with E-state index in [9.17, 15) is 14.4 Å². The monoisotopic (exact) mass is 636 g/mol. The van der Waals surface area contributed by atoms with Crippen molar-refractivity contribution in [3.63, 3.8) is 0 Å². The first kappa shape index (κ1) is 32.2. The van der Waals surface area contributed by atoms with E-state index in [0.717, 1.165) is 41.0 Å². The van der Waals surface area contributed by atoms with Crippen LogP contribution >= 0.6 is 0 Å². The highest BCUT2D eigenvalue weighted by atomic mass is 16.2. The predicted molar refractivity (Wildman–Crippen MR) is 178 cm³/mol. The number of piperidine rings is 1. The minimum Gasteiger partial charge on any atom is -0.344 e. The van der Waals surface area contributed by atoms with Gasteiger partial charge in [0.15, 0.2) is 0 Å². The van der Waals surface area contributed by atoms with Gasteiger partial charge in [0.05, 0.1) is 30.4 Å². The number of amides is 3. The second kappa shape index (κ2) is 14.3. The standard InChI is InChI=1S/C36H44N8O3/c1-25-30(26(2)44(39-25)29-15-8-5-9-16-29)24-34(46)41-19-12-18-33(45)42-20-11-10-17-32(42)36(47)38-31(23-28-13-6-4-7-14-28)35-37-27(3)40-43(35)22-21-41/h4-9,13-16,31-32H,10-12,17-24H2,1-3H3,(H,38,47)/t31-,32+/m1/s1. The molecular formula is C36H44N8O3. The number of carbonyl (C=O) groups excluding carboxylic acids is 3. The minimum absolute atomic E-state index is 0.0215. The van der Waals surface area contributed by atoms with Crippen LogP contribution in [0, 0.1) is 20.8 Å². The van der Waals surface area contributed by atoms with Crippen molar-refractivity contribution in [2.24, 2.45) is 0 Å². The van der Waals surface area contributed by atoms with Crippen LogP contribution in [0.25, 0.3) is 5.69 Å². The Hall–Kier alpha value is -4.80. The zero-order chi connectivity index (χ0) is 32.9. The van der Waals surface area contributed by atoms with Crippen molar-refractivity contribution in [1.82, 2.24) is 39.7 Å². The van der Waals surface area contributed by atoms with Gasteiger partial charge in [-0.1, -0.05) is 48.5 Å². The lowest BCUT2D eigenvalue weighted by molar-refractivity contribution is -0.143. The summed E-state index contributed by atoms with van der Waals surface area (Å²) in [6.07, 6.45) is 3.91. The molecule has 0 saturated carbocycles. The molecule has 11 nitrogen and oxygen atoms in total. The molecule has 6 rings (SSSR count). The van der Waals surface area contributed by atoms with Crippen LogP contribution in [0.3, 0.4) is 0 Å². The fourth-order valence-electron chi connectivity index (χ4n) is 6.88. The Balaban J connectivity index is 1.30. The van der Waals surface area contributed by atoms with Crippen LogP contribution in [-0.2, 0) is 33.8 Å². The number of rotatable bonds is 5. The van der Waals surface area contributed by atoms with E-state index in [1.807, 2.05) is 95.7 Å². The highest BCUT2D eigenvalue weighted by molar-refractivity contribution is 5.88. The highest BCUT2D eigenvalue weighted by Crippen LogP contribution is 2.24. The summed E-state index contributed by atoms with van der Waals surface area (Å²) in [6, 6.07) is 18.9.